The van der Waals surface area contributed by atoms with E-state index in [0.717, 1.165) is 12.0 Å². The van der Waals surface area contributed by atoms with Crippen molar-refractivity contribution in [3.63, 3.8) is 0 Å². The SMILES string of the molecule is CN(Cc1cc(=O)c(O)co1)c1ccc(F)cc1. The lowest BCUT2D eigenvalue weighted by Crippen LogP contribution is -2.17. The zero-order chi connectivity index (χ0) is 13.1. The van der Waals surface area contributed by atoms with E-state index in [-0.39, 0.29) is 5.82 Å². The Morgan fingerprint density at radius 3 is 2.61 bits per heavy atom. The summed E-state index contributed by atoms with van der Waals surface area (Å²) in [4.78, 5) is 13.0. The van der Waals surface area contributed by atoms with Gasteiger partial charge < -0.3 is 14.4 Å². The highest BCUT2D eigenvalue weighted by Crippen LogP contribution is 2.16. The van der Waals surface area contributed by atoms with Gasteiger partial charge in [-0.3, -0.25) is 4.79 Å². The molecule has 0 saturated heterocycles. The van der Waals surface area contributed by atoms with E-state index in [1.54, 1.807) is 24.1 Å². The number of hydrogen-bond donors (Lipinski definition) is 1. The summed E-state index contributed by atoms with van der Waals surface area (Å²) in [5.41, 5.74) is 0.316. The number of anilines is 1. The second-order valence-electron chi connectivity index (χ2n) is 3.93. The molecule has 1 aromatic carbocycles. The Labute approximate surface area is 103 Å². The third-order valence-electron chi connectivity index (χ3n) is 2.53. The van der Waals surface area contributed by atoms with E-state index in [1.165, 1.54) is 18.2 Å². The Morgan fingerprint density at radius 2 is 2.00 bits per heavy atom. The van der Waals surface area contributed by atoms with Crippen LogP contribution in [0.4, 0.5) is 10.1 Å². The first kappa shape index (κ1) is 12.2. The van der Waals surface area contributed by atoms with Crippen LogP contribution < -0.4 is 10.3 Å². The fraction of sp³-hybridized carbons (Fsp3) is 0.154. The van der Waals surface area contributed by atoms with Crippen LogP contribution in [-0.2, 0) is 6.54 Å². The minimum Gasteiger partial charge on any atom is -0.502 e. The number of halogens is 1. The Balaban J connectivity index is 2.15. The van der Waals surface area contributed by atoms with E-state index in [2.05, 4.69) is 0 Å². The lowest BCUT2D eigenvalue weighted by atomic mass is 10.2. The topological polar surface area (TPSA) is 53.7 Å². The van der Waals surface area contributed by atoms with Gasteiger partial charge in [-0.2, -0.15) is 0 Å². The smallest absolute Gasteiger partial charge is 0.226 e. The monoisotopic (exact) mass is 249 g/mol. The van der Waals surface area contributed by atoms with Gasteiger partial charge in [-0.15, -0.1) is 0 Å². The number of rotatable bonds is 3. The highest BCUT2D eigenvalue weighted by Gasteiger charge is 2.06. The second-order valence-corrected chi connectivity index (χ2v) is 3.93. The number of hydrogen-bond acceptors (Lipinski definition) is 4. The van der Waals surface area contributed by atoms with Crippen LogP contribution in [0.2, 0.25) is 0 Å². The first-order valence-electron chi connectivity index (χ1n) is 5.33. The zero-order valence-electron chi connectivity index (χ0n) is 9.76. The fourth-order valence-corrected chi connectivity index (χ4v) is 1.55. The average molecular weight is 249 g/mol. The minimum absolute atomic E-state index is 0.302. The molecule has 0 bridgehead atoms. The summed E-state index contributed by atoms with van der Waals surface area (Å²) in [7, 11) is 1.79. The summed E-state index contributed by atoms with van der Waals surface area (Å²) in [5.74, 6) is -0.295. The average Bonchev–Trinajstić information content (AvgIpc) is 2.34. The molecule has 94 valence electrons. The summed E-state index contributed by atoms with van der Waals surface area (Å²) < 4.78 is 17.9. The molecule has 0 aliphatic rings. The molecule has 1 heterocycles. The molecule has 2 rings (SSSR count). The normalized spacial score (nSPS) is 10.3. The molecule has 4 nitrogen and oxygen atoms in total. The van der Waals surface area contributed by atoms with E-state index in [9.17, 15) is 9.18 Å². The summed E-state index contributed by atoms with van der Waals surface area (Å²) >= 11 is 0. The van der Waals surface area contributed by atoms with Crippen LogP contribution in [0.15, 0.2) is 45.8 Å². The molecular weight excluding hydrogens is 237 g/mol. The molecule has 18 heavy (non-hydrogen) atoms. The minimum atomic E-state index is -0.483. The van der Waals surface area contributed by atoms with Crippen molar-refractivity contribution >= 4 is 5.69 Å². The molecule has 0 unspecified atom stereocenters. The van der Waals surface area contributed by atoms with Crippen molar-refractivity contribution in [3.8, 4) is 5.75 Å². The van der Waals surface area contributed by atoms with Gasteiger partial charge in [-0.1, -0.05) is 0 Å². The Bertz CT molecular complexity index is 592. The van der Waals surface area contributed by atoms with Crippen LogP contribution in [0.25, 0.3) is 0 Å². The van der Waals surface area contributed by atoms with Crippen LogP contribution >= 0.6 is 0 Å². The van der Waals surface area contributed by atoms with Gasteiger partial charge >= 0.3 is 0 Å². The van der Waals surface area contributed by atoms with Gasteiger partial charge in [0, 0.05) is 18.8 Å². The summed E-state index contributed by atoms with van der Waals surface area (Å²) in [6.45, 7) is 0.348. The molecule has 1 N–H and O–H groups in total. The van der Waals surface area contributed by atoms with Crippen molar-refractivity contribution in [1.82, 2.24) is 0 Å². The molecule has 5 heteroatoms. The molecule has 0 spiro atoms. The molecule has 0 atom stereocenters. The van der Waals surface area contributed by atoms with Crippen molar-refractivity contribution in [2.24, 2.45) is 0 Å². The van der Waals surface area contributed by atoms with E-state index in [1.807, 2.05) is 0 Å². The highest BCUT2D eigenvalue weighted by atomic mass is 19.1. The van der Waals surface area contributed by atoms with Crippen molar-refractivity contribution in [2.45, 2.75) is 6.54 Å². The molecule has 1 aromatic heterocycles. The van der Waals surface area contributed by atoms with Gasteiger partial charge in [0.25, 0.3) is 0 Å². The number of benzene rings is 1. The van der Waals surface area contributed by atoms with Crippen LogP contribution in [0.3, 0.4) is 0 Å². The van der Waals surface area contributed by atoms with Gasteiger partial charge in [-0.25, -0.2) is 4.39 Å². The van der Waals surface area contributed by atoms with E-state index >= 15 is 0 Å². The Kier molecular flexibility index (Phi) is 3.32. The van der Waals surface area contributed by atoms with Crippen molar-refractivity contribution < 1.29 is 13.9 Å². The maximum Gasteiger partial charge on any atom is 0.226 e. The molecule has 0 aliphatic carbocycles. The van der Waals surface area contributed by atoms with Crippen LogP contribution in [0.1, 0.15) is 5.76 Å². The second kappa shape index (κ2) is 4.91. The predicted molar refractivity (Wildman–Crippen MR) is 65.1 cm³/mol. The first-order chi connectivity index (χ1) is 8.56. The third kappa shape index (κ3) is 2.68. The molecule has 0 fully saturated rings. The standard InChI is InChI=1S/C13H12FNO3/c1-15(10-4-2-9(14)3-5-10)7-11-6-12(16)13(17)8-18-11/h2-6,8,17H,7H2,1H3. The fourth-order valence-electron chi connectivity index (χ4n) is 1.55. The predicted octanol–water partition coefficient (Wildman–Crippen LogP) is 2.12. The maximum atomic E-state index is 12.8. The van der Waals surface area contributed by atoms with Gasteiger partial charge in [0.15, 0.2) is 5.75 Å². The lowest BCUT2D eigenvalue weighted by Gasteiger charge is -2.18. The van der Waals surface area contributed by atoms with Crippen LogP contribution in [-0.4, -0.2) is 12.2 Å². The van der Waals surface area contributed by atoms with Crippen molar-refractivity contribution in [2.75, 3.05) is 11.9 Å². The number of aromatic hydroxyl groups is 1. The van der Waals surface area contributed by atoms with Gasteiger partial charge in [0.1, 0.15) is 17.8 Å². The van der Waals surface area contributed by atoms with Crippen LogP contribution in [0.5, 0.6) is 5.75 Å². The lowest BCUT2D eigenvalue weighted by molar-refractivity contribution is 0.412. The van der Waals surface area contributed by atoms with Crippen molar-refractivity contribution in [3.05, 3.63) is 58.4 Å². The summed E-state index contributed by atoms with van der Waals surface area (Å²) in [6, 6.07) is 7.22. The Hall–Kier alpha value is -2.30. The molecule has 0 aliphatic heterocycles. The molecule has 0 amide bonds. The van der Waals surface area contributed by atoms with Crippen LogP contribution in [0, 0.1) is 5.82 Å². The summed E-state index contributed by atoms with van der Waals surface area (Å²) in [5, 5.41) is 9.06. The third-order valence-corrected chi connectivity index (χ3v) is 2.53. The van der Waals surface area contributed by atoms with Gasteiger partial charge in [0.2, 0.25) is 5.43 Å². The quantitative estimate of drug-likeness (QED) is 0.905. The molecular formula is C13H12FNO3. The van der Waals surface area contributed by atoms with E-state index in [0.29, 0.717) is 12.3 Å². The maximum absolute atomic E-state index is 12.8. The largest absolute Gasteiger partial charge is 0.502 e. The van der Waals surface area contributed by atoms with Crippen molar-refractivity contribution in [1.29, 1.82) is 0 Å². The molecule has 0 radical (unpaired) electrons. The first-order valence-corrected chi connectivity index (χ1v) is 5.33. The van der Waals surface area contributed by atoms with E-state index in [4.69, 9.17) is 9.52 Å². The van der Waals surface area contributed by atoms with E-state index < -0.39 is 11.2 Å². The molecule has 0 saturated carbocycles. The summed E-state index contributed by atoms with van der Waals surface area (Å²) in [6.07, 6.45) is 1.01. The number of nitrogens with zero attached hydrogens (tertiary/aromatic N) is 1. The highest BCUT2D eigenvalue weighted by molar-refractivity contribution is 5.45. The van der Waals surface area contributed by atoms with Gasteiger partial charge in [0.05, 0.1) is 6.54 Å². The van der Waals surface area contributed by atoms with Gasteiger partial charge in [-0.05, 0) is 24.3 Å². The zero-order valence-corrected chi connectivity index (χ0v) is 9.76. The Morgan fingerprint density at radius 1 is 1.33 bits per heavy atom. The molecule has 2 aromatic rings.